The third-order valence-electron chi connectivity index (χ3n) is 4.80. The Bertz CT molecular complexity index is 1260. The van der Waals surface area contributed by atoms with E-state index in [4.69, 9.17) is 4.74 Å². The normalized spacial score (nSPS) is 12.8. The minimum atomic E-state index is -3.66. The monoisotopic (exact) mass is 482 g/mol. The number of nitrogens with one attached hydrogen (secondary N) is 1. The zero-order valence-corrected chi connectivity index (χ0v) is 19.7. The fraction of sp³-hybridized carbons (Fsp3) is 0.167. The minimum Gasteiger partial charge on any atom is -0.452 e. The van der Waals surface area contributed by atoms with Crippen molar-refractivity contribution in [3.63, 3.8) is 0 Å². The van der Waals surface area contributed by atoms with E-state index in [1.54, 1.807) is 30.5 Å². The van der Waals surface area contributed by atoms with Crippen molar-refractivity contribution in [2.45, 2.75) is 34.6 Å². The third-order valence-corrected chi connectivity index (χ3v) is 7.60. The number of nitrogens with zero attached hydrogens (tertiary/aromatic N) is 1. The van der Waals surface area contributed by atoms with Gasteiger partial charge in [0.2, 0.25) is 10.0 Å². The molecule has 7 nitrogen and oxygen atoms in total. The number of para-hydroxylation sites is 2. The van der Waals surface area contributed by atoms with Crippen LogP contribution in [0.15, 0.2) is 87.5 Å². The van der Waals surface area contributed by atoms with Gasteiger partial charge in [-0.05, 0) is 62.4 Å². The maximum Gasteiger partial charge on any atom is 0.338 e. The molecule has 0 aromatic heterocycles. The van der Waals surface area contributed by atoms with E-state index < -0.39 is 22.6 Å². The summed E-state index contributed by atoms with van der Waals surface area (Å²) >= 11 is 1.58. The van der Waals surface area contributed by atoms with E-state index in [2.05, 4.69) is 4.72 Å². The number of rotatable bonds is 6. The number of ether oxygens (including phenoxy) is 1. The average molecular weight is 483 g/mol. The second-order valence-corrected chi connectivity index (χ2v) is 10.4. The second-order valence-electron chi connectivity index (χ2n) is 7.64. The maximum atomic E-state index is 13.1. The van der Waals surface area contributed by atoms with Gasteiger partial charge in [-0.1, -0.05) is 36.0 Å². The zero-order chi connectivity index (χ0) is 23.6. The molecular weight excluding hydrogens is 460 g/mol. The summed E-state index contributed by atoms with van der Waals surface area (Å²) in [6.07, 6.45) is 0. The first-order valence-corrected chi connectivity index (χ1v) is 12.5. The fourth-order valence-electron chi connectivity index (χ4n) is 3.40. The molecule has 3 aromatic rings. The summed E-state index contributed by atoms with van der Waals surface area (Å²) in [7, 11) is -3.66. The highest BCUT2D eigenvalue weighted by Crippen LogP contribution is 2.47. The van der Waals surface area contributed by atoms with Gasteiger partial charge in [-0.25, -0.2) is 17.9 Å². The van der Waals surface area contributed by atoms with Crippen LogP contribution in [0.5, 0.6) is 0 Å². The molecule has 0 fully saturated rings. The Balaban J connectivity index is 1.48. The lowest BCUT2D eigenvalue weighted by molar-refractivity contribution is -0.121. The standard InChI is InChI=1S/C24H22N2O5S2/c1-16(2)25-33(29,30)18-13-11-17(12-14-18)24(28)31-15-23(27)26-19-7-3-5-9-21(19)32-22-10-6-4-8-20(22)26/h3-14,16,25H,15H2,1-2H3. The summed E-state index contributed by atoms with van der Waals surface area (Å²) in [5.74, 6) is -1.10. The number of hydrogen-bond acceptors (Lipinski definition) is 6. The van der Waals surface area contributed by atoms with E-state index in [1.807, 2.05) is 48.5 Å². The van der Waals surface area contributed by atoms with Crippen LogP contribution in [0.25, 0.3) is 0 Å². The summed E-state index contributed by atoms with van der Waals surface area (Å²) in [4.78, 5) is 29.1. The lowest BCUT2D eigenvalue weighted by atomic mass is 10.2. The predicted molar refractivity (Wildman–Crippen MR) is 126 cm³/mol. The van der Waals surface area contributed by atoms with Crippen molar-refractivity contribution >= 4 is 45.0 Å². The summed E-state index contributed by atoms with van der Waals surface area (Å²) in [5.41, 5.74) is 1.62. The molecule has 33 heavy (non-hydrogen) atoms. The smallest absolute Gasteiger partial charge is 0.338 e. The lowest BCUT2D eigenvalue weighted by Gasteiger charge is -2.30. The second kappa shape index (κ2) is 9.38. The predicted octanol–water partition coefficient (Wildman–Crippen LogP) is 4.36. The number of sulfonamides is 1. The molecule has 0 aliphatic carbocycles. The minimum absolute atomic E-state index is 0.0443. The number of benzene rings is 3. The molecule has 0 saturated carbocycles. The molecule has 1 heterocycles. The Kier molecular flexibility index (Phi) is 6.55. The molecule has 1 amide bonds. The van der Waals surface area contributed by atoms with Crippen molar-refractivity contribution < 1.29 is 22.7 Å². The molecule has 1 N–H and O–H groups in total. The Morgan fingerprint density at radius 1 is 0.909 bits per heavy atom. The van der Waals surface area contributed by atoms with E-state index in [0.717, 1.165) is 21.2 Å². The van der Waals surface area contributed by atoms with Gasteiger partial charge in [-0.2, -0.15) is 0 Å². The molecule has 0 radical (unpaired) electrons. The van der Waals surface area contributed by atoms with Crippen LogP contribution in [0.3, 0.4) is 0 Å². The van der Waals surface area contributed by atoms with E-state index in [9.17, 15) is 18.0 Å². The van der Waals surface area contributed by atoms with Gasteiger partial charge in [0.1, 0.15) is 0 Å². The highest BCUT2D eigenvalue weighted by molar-refractivity contribution is 7.99. The van der Waals surface area contributed by atoms with Gasteiger partial charge in [0.25, 0.3) is 5.91 Å². The number of anilines is 2. The van der Waals surface area contributed by atoms with Crippen molar-refractivity contribution in [2.75, 3.05) is 11.5 Å². The van der Waals surface area contributed by atoms with Crippen LogP contribution in [0.1, 0.15) is 24.2 Å². The lowest BCUT2D eigenvalue weighted by Crippen LogP contribution is -2.32. The van der Waals surface area contributed by atoms with E-state index >= 15 is 0 Å². The first-order valence-electron chi connectivity index (χ1n) is 10.2. The van der Waals surface area contributed by atoms with Crippen LogP contribution in [-0.4, -0.2) is 32.9 Å². The summed E-state index contributed by atoms with van der Waals surface area (Å²) in [5, 5.41) is 0. The summed E-state index contributed by atoms with van der Waals surface area (Å²) in [6.45, 7) is 2.98. The first-order chi connectivity index (χ1) is 15.8. The number of carbonyl (C=O) groups is 2. The van der Waals surface area contributed by atoms with Gasteiger partial charge in [0, 0.05) is 15.8 Å². The number of esters is 1. The molecule has 9 heteroatoms. The van der Waals surface area contributed by atoms with Crippen LogP contribution in [0.2, 0.25) is 0 Å². The maximum absolute atomic E-state index is 13.1. The van der Waals surface area contributed by atoms with Crippen LogP contribution in [0.4, 0.5) is 11.4 Å². The van der Waals surface area contributed by atoms with Crippen molar-refractivity contribution in [3.8, 4) is 0 Å². The van der Waals surface area contributed by atoms with Gasteiger partial charge in [0.15, 0.2) is 6.61 Å². The number of amides is 1. The van der Waals surface area contributed by atoms with Crippen LogP contribution < -0.4 is 9.62 Å². The topological polar surface area (TPSA) is 92.8 Å². The highest BCUT2D eigenvalue weighted by Gasteiger charge is 2.28. The van der Waals surface area contributed by atoms with Crippen molar-refractivity contribution in [1.82, 2.24) is 4.72 Å². The number of hydrogen-bond donors (Lipinski definition) is 1. The van der Waals surface area contributed by atoms with Gasteiger partial charge >= 0.3 is 5.97 Å². The third kappa shape index (κ3) is 4.95. The summed E-state index contributed by atoms with van der Waals surface area (Å²) in [6, 6.07) is 20.2. The molecule has 0 unspecified atom stereocenters. The fourth-order valence-corrected chi connectivity index (χ4v) is 5.71. The summed E-state index contributed by atoms with van der Waals surface area (Å²) < 4.78 is 32.2. The van der Waals surface area contributed by atoms with Gasteiger partial charge < -0.3 is 4.74 Å². The SMILES string of the molecule is CC(C)NS(=O)(=O)c1ccc(C(=O)OCC(=O)N2c3ccccc3Sc3ccccc32)cc1. The molecule has 1 aliphatic heterocycles. The number of fused-ring (bicyclic) bond motifs is 2. The molecule has 4 rings (SSSR count). The van der Waals surface area contributed by atoms with Crippen LogP contribution in [0, 0.1) is 0 Å². The van der Waals surface area contributed by atoms with Crippen LogP contribution in [-0.2, 0) is 19.6 Å². The van der Waals surface area contributed by atoms with E-state index in [0.29, 0.717) is 0 Å². The van der Waals surface area contributed by atoms with Gasteiger partial charge in [-0.3, -0.25) is 9.69 Å². The first kappa shape index (κ1) is 23.0. The molecule has 0 saturated heterocycles. The zero-order valence-electron chi connectivity index (χ0n) is 18.0. The Morgan fingerprint density at radius 2 is 1.45 bits per heavy atom. The molecular formula is C24H22N2O5S2. The quantitative estimate of drug-likeness (QED) is 0.525. The molecule has 0 atom stereocenters. The molecule has 170 valence electrons. The Labute approximate surface area is 196 Å². The largest absolute Gasteiger partial charge is 0.452 e. The van der Waals surface area contributed by atoms with Crippen LogP contribution >= 0.6 is 11.8 Å². The molecule has 3 aromatic carbocycles. The molecule has 1 aliphatic rings. The Morgan fingerprint density at radius 3 is 2.00 bits per heavy atom. The molecule has 0 bridgehead atoms. The Hall–Kier alpha value is -3.14. The van der Waals surface area contributed by atoms with Gasteiger partial charge in [0.05, 0.1) is 21.8 Å². The molecule has 0 spiro atoms. The number of carbonyl (C=O) groups excluding carboxylic acids is 2. The van der Waals surface area contributed by atoms with Crippen molar-refractivity contribution in [1.29, 1.82) is 0 Å². The van der Waals surface area contributed by atoms with Crippen molar-refractivity contribution in [3.05, 3.63) is 78.4 Å². The van der Waals surface area contributed by atoms with Crippen molar-refractivity contribution in [2.24, 2.45) is 0 Å². The highest BCUT2D eigenvalue weighted by atomic mass is 32.2. The van der Waals surface area contributed by atoms with E-state index in [1.165, 1.54) is 24.3 Å². The van der Waals surface area contributed by atoms with E-state index in [-0.39, 0.29) is 22.4 Å². The average Bonchev–Trinajstić information content (AvgIpc) is 2.80. The van der Waals surface area contributed by atoms with Gasteiger partial charge in [-0.15, -0.1) is 0 Å².